The van der Waals surface area contributed by atoms with E-state index in [2.05, 4.69) is 10.3 Å². The molecule has 4 heteroatoms. The summed E-state index contributed by atoms with van der Waals surface area (Å²) in [6.45, 7) is 1.93. The van der Waals surface area contributed by atoms with E-state index in [1.807, 2.05) is 30.3 Å². The number of carbonyl (C=O) groups excluding carboxylic acids is 1. The molecule has 0 spiro atoms. The average Bonchev–Trinajstić information content (AvgIpc) is 3.36. The zero-order valence-corrected chi connectivity index (χ0v) is 11.8. The number of hydrogen-bond donors (Lipinski definition) is 2. The van der Waals surface area contributed by atoms with Gasteiger partial charge < -0.3 is 0 Å². The highest BCUT2D eigenvalue weighted by molar-refractivity contribution is 5.83. The summed E-state index contributed by atoms with van der Waals surface area (Å²) in [5.41, 5.74) is 3.38. The van der Waals surface area contributed by atoms with Gasteiger partial charge in [-0.15, -0.1) is 0 Å². The first-order chi connectivity index (χ1) is 9.78. The highest BCUT2D eigenvalue weighted by atomic mass is 16.2. The summed E-state index contributed by atoms with van der Waals surface area (Å²) in [5.74, 6) is 5.98. The molecule has 108 valence electrons. The van der Waals surface area contributed by atoms with Gasteiger partial charge in [0, 0.05) is 19.1 Å². The first kappa shape index (κ1) is 13.6. The van der Waals surface area contributed by atoms with Gasteiger partial charge in [0.05, 0.1) is 5.92 Å². The van der Waals surface area contributed by atoms with Crippen molar-refractivity contribution in [1.29, 1.82) is 0 Å². The molecule has 1 unspecified atom stereocenters. The van der Waals surface area contributed by atoms with E-state index in [-0.39, 0.29) is 11.8 Å². The summed E-state index contributed by atoms with van der Waals surface area (Å²) in [6.07, 6.45) is 5.25. The Kier molecular flexibility index (Phi) is 4.03. The second kappa shape index (κ2) is 5.94. The van der Waals surface area contributed by atoms with Gasteiger partial charge in [-0.1, -0.05) is 30.3 Å². The standard InChI is InChI=1S/C16H23N3O/c17-18-16(20)15(13-4-2-1-3-5-13)11-19(14-8-9-14)10-12-6-7-12/h1-5,12,14-15H,6-11,17H2,(H,18,20). The van der Waals surface area contributed by atoms with Gasteiger partial charge in [0.25, 0.3) is 0 Å². The highest BCUT2D eigenvalue weighted by Crippen LogP contribution is 2.36. The molecule has 2 saturated carbocycles. The fraction of sp³-hybridized carbons (Fsp3) is 0.562. The Morgan fingerprint density at radius 2 is 1.95 bits per heavy atom. The van der Waals surface area contributed by atoms with Crippen LogP contribution in [-0.4, -0.2) is 29.9 Å². The molecular formula is C16H23N3O. The van der Waals surface area contributed by atoms with Gasteiger partial charge in [-0.2, -0.15) is 0 Å². The van der Waals surface area contributed by atoms with Gasteiger partial charge in [0.15, 0.2) is 0 Å². The van der Waals surface area contributed by atoms with Gasteiger partial charge in [0.1, 0.15) is 0 Å². The number of nitrogens with one attached hydrogen (secondary N) is 1. The predicted octanol–water partition coefficient (Wildman–Crippen LogP) is 1.63. The number of amides is 1. The number of nitrogens with two attached hydrogens (primary N) is 1. The van der Waals surface area contributed by atoms with Gasteiger partial charge >= 0.3 is 0 Å². The summed E-state index contributed by atoms with van der Waals surface area (Å²) in [6, 6.07) is 10.7. The van der Waals surface area contributed by atoms with Gasteiger partial charge in [0.2, 0.25) is 5.91 Å². The van der Waals surface area contributed by atoms with E-state index in [0.717, 1.165) is 24.6 Å². The zero-order chi connectivity index (χ0) is 13.9. The van der Waals surface area contributed by atoms with Crippen molar-refractivity contribution in [2.75, 3.05) is 13.1 Å². The number of hydrogen-bond acceptors (Lipinski definition) is 3. The Bertz CT molecular complexity index is 454. The van der Waals surface area contributed by atoms with Crippen molar-refractivity contribution in [1.82, 2.24) is 10.3 Å². The minimum atomic E-state index is -0.166. The molecule has 1 amide bonds. The van der Waals surface area contributed by atoms with Crippen molar-refractivity contribution in [3.05, 3.63) is 35.9 Å². The SMILES string of the molecule is NNC(=O)C(CN(CC1CC1)C1CC1)c1ccccc1. The first-order valence-electron chi connectivity index (χ1n) is 7.57. The number of carbonyl (C=O) groups is 1. The van der Waals surface area contributed by atoms with Crippen LogP contribution in [0.4, 0.5) is 0 Å². The van der Waals surface area contributed by atoms with Crippen molar-refractivity contribution in [3.63, 3.8) is 0 Å². The molecule has 0 bridgehead atoms. The van der Waals surface area contributed by atoms with Crippen LogP contribution in [0.25, 0.3) is 0 Å². The van der Waals surface area contributed by atoms with Gasteiger partial charge in [-0.05, 0) is 37.2 Å². The Labute approximate surface area is 120 Å². The van der Waals surface area contributed by atoms with E-state index in [0.29, 0.717) is 6.04 Å². The van der Waals surface area contributed by atoms with Crippen LogP contribution in [0.3, 0.4) is 0 Å². The molecule has 20 heavy (non-hydrogen) atoms. The molecule has 2 aliphatic carbocycles. The average molecular weight is 273 g/mol. The third-order valence-electron chi connectivity index (χ3n) is 4.33. The molecule has 4 nitrogen and oxygen atoms in total. The maximum absolute atomic E-state index is 12.1. The molecule has 2 aliphatic rings. The quantitative estimate of drug-likeness (QED) is 0.451. The monoisotopic (exact) mass is 273 g/mol. The van der Waals surface area contributed by atoms with Crippen molar-refractivity contribution in [3.8, 4) is 0 Å². The molecule has 0 aliphatic heterocycles. The Morgan fingerprint density at radius 1 is 1.25 bits per heavy atom. The van der Waals surface area contributed by atoms with Gasteiger partial charge in [-0.3, -0.25) is 15.1 Å². The number of hydrazine groups is 1. The van der Waals surface area contributed by atoms with Crippen LogP contribution >= 0.6 is 0 Å². The van der Waals surface area contributed by atoms with Crippen LogP contribution in [0.1, 0.15) is 37.2 Å². The lowest BCUT2D eigenvalue weighted by Crippen LogP contribution is -2.41. The summed E-state index contributed by atoms with van der Waals surface area (Å²) < 4.78 is 0. The van der Waals surface area contributed by atoms with Crippen molar-refractivity contribution < 1.29 is 4.79 Å². The third-order valence-corrected chi connectivity index (χ3v) is 4.33. The molecule has 0 radical (unpaired) electrons. The van der Waals surface area contributed by atoms with E-state index in [1.54, 1.807) is 0 Å². The van der Waals surface area contributed by atoms with Crippen molar-refractivity contribution >= 4 is 5.91 Å². The number of nitrogens with zero attached hydrogens (tertiary/aromatic N) is 1. The van der Waals surface area contributed by atoms with E-state index >= 15 is 0 Å². The zero-order valence-electron chi connectivity index (χ0n) is 11.8. The molecule has 3 rings (SSSR count). The lowest BCUT2D eigenvalue weighted by molar-refractivity contribution is -0.123. The molecule has 2 fully saturated rings. The third kappa shape index (κ3) is 3.38. The van der Waals surface area contributed by atoms with Crippen LogP contribution in [0, 0.1) is 5.92 Å². The molecule has 3 N–H and O–H groups in total. The molecule has 1 aromatic carbocycles. The topological polar surface area (TPSA) is 58.4 Å². The molecule has 0 heterocycles. The minimum absolute atomic E-state index is 0.0855. The fourth-order valence-corrected chi connectivity index (χ4v) is 2.80. The van der Waals surface area contributed by atoms with Crippen LogP contribution in [0.15, 0.2) is 30.3 Å². The van der Waals surface area contributed by atoms with Crippen LogP contribution in [0.2, 0.25) is 0 Å². The molecule has 0 saturated heterocycles. The van der Waals surface area contributed by atoms with Gasteiger partial charge in [-0.25, -0.2) is 5.84 Å². The molecule has 1 atom stereocenters. The second-order valence-electron chi connectivity index (χ2n) is 6.10. The maximum Gasteiger partial charge on any atom is 0.242 e. The fourth-order valence-electron chi connectivity index (χ4n) is 2.80. The van der Waals surface area contributed by atoms with Crippen molar-refractivity contribution in [2.45, 2.75) is 37.6 Å². The van der Waals surface area contributed by atoms with Crippen LogP contribution in [-0.2, 0) is 4.79 Å². The summed E-state index contributed by atoms with van der Waals surface area (Å²) >= 11 is 0. The summed E-state index contributed by atoms with van der Waals surface area (Å²) in [4.78, 5) is 14.6. The summed E-state index contributed by atoms with van der Waals surface area (Å²) in [5, 5.41) is 0. The normalized spacial score (nSPS) is 19.9. The van der Waals surface area contributed by atoms with E-state index in [4.69, 9.17) is 5.84 Å². The molecular weight excluding hydrogens is 250 g/mol. The number of rotatable bonds is 7. The van der Waals surface area contributed by atoms with Crippen molar-refractivity contribution in [2.24, 2.45) is 11.8 Å². The predicted molar refractivity (Wildman–Crippen MR) is 78.8 cm³/mol. The molecule has 1 aromatic rings. The lowest BCUT2D eigenvalue weighted by atomic mass is 9.97. The van der Waals surface area contributed by atoms with Crippen LogP contribution < -0.4 is 11.3 Å². The van der Waals surface area contributed by atoms with Crippen LogP contribution in [0.5, 0.6) is 0 Å². The summed E-state index contributed by atoms with van der Waals surface area (Å²) in [7, 11) is 0. The highest BCUT2D eigenvalue weighted by Gasteiger charge is 2.36. The number of benzene rings is 1. The Balaban J connectivity index is 1.72. The largest absolute Gasteiger partial charge is 0.299 e. The smallest absolute Gasteiger partial charge is 0.242 e. The van der Waals surface area contributed by atoms with E-state index in [1.165, 1.54) is 25.7 Å². The lowest BCUT2D eigenvalue weighted by Gasteiger charge is -2.27. The Hall–Kier alpha value is -1.39. The molecule has 0 aromatic heterocycles. The van der Waals surface area contributed by atoms with E-state index in [9.17, 15) is 4.79 Å². The Morgan fingerprint density at radius 3 is 2.50 bits per heavy atom. The second-order valence-corrected chi connectivity index (χ2v) is 6.10. The first-order valence-corrected chi connectivity index (χ1v) is 7.57. The maximum atomic E-state index is 12.1. The minimum Gasteiger partial charge on any atom is -0.299 e. The van der Waals surface area contributed by atoms with E-state index < -0.39 is 0 Å².